The van der Waals surface area contributed by atoms with E-state index in [1.165, 1.54) is 12.1 Å². The molecular formula is C17H20N4O3S. The van der Waals surface area contributed by atoms with Crippen LogP contribution in [0.5, 0.6) is 0 Å². The van der Waals surface area contributed by atoms with Gasteiger partial charge in [-0.1, -0.05) is 12.1 Å². The number of morpholine rings is 1. The van der Waals surface area contributed by atoms with Crippen molar-refractivity contribution in [1.29, 1.82) is 0 Å². The Kier molecular flexibility index (Phi) is 5.95. The standard InChI is InChI=1S/C17H20N4O3S/c1-13-11-16(25-10-7-20-5-8-24-9-6-20)19-17(18-13)14-3-2-4-15(12-14)21(22)23/h2-4,11-12H,5-10H2,1H3. The Morgan fingerprint density at radius 2 is 2.08 bits per heavy atom. The highest BCUT2D eigenvalue weighted by atomic mass is 32.2. The van der Waals surface area contributed by atoms with Crippen LogP contribution in [0, 0.1) is 17.0 Å². The summed E-state index contributed by atoms with van der Waals surface area (Å²) in [5.41, 5.74) is 1.56. The fourth-order valence-electron chi connectivity index (χ4n) is 2.61. The number of hydrogen-bond acceptors (Lipinski definition) is 7. The lowest BCUT2D eigenvalue weighted by molar-refractivity contribution is -0.384. The highest BCUT2D eigenvalue weighted by molar-refractivity contribution is 7.99. The lowest BCUT2D eigenvalue weighted by Crippen LogP contribution is -2.37. The first-order valence-electron chi connectivity index (χ1n) is 8.15. The number of hydrogen-bond donors (Lipinski definition) is 0. The largest absolute Gasteiger partial charge is 0.379 e. The minimum atomic E-state index is -0.405. The summed E-state index contributed by atoms with van der Waals surface area (Å²) in [5.74, 6) is 1.46. The molecular weight excluding hydrogens is 340 g/mol. The van der Waals surface area contributed by atoms with E-state index >= 15 is 0 Å². The van der Waals surface area contributed by atoms with Gasteiger partial charge in [-0.2, -0.15) is 0 Å². The van der Waals surface area contributed by atoms with E-state index in [2.05, 4.69) is 14.9 Å². The zero-order chi connectivity index (χ0) is 17.6. The first-order valence-corrected chi connectivity index (χ1v) is 9.14. The van der Waals surface area contributed by atoms with Gasteiger partial charge in [0.1, 0.15) is 5.03 Å². The molecule has 1 aromatic heterocycles. The summed E-state index contributed by atoms with van der Waals surface area (Å²) in [6.45, 7) is 6.45. The van der Waals surface area contributed by atoms with Crippen molar-refractivity contribution in [3.8, 4) is 11.4 Å². The summed E-state index contributed by atoms with van der Waals surface area (Å²) in [5, 5.41) is 11.8. The smallest absolute Gasteiger partial charge is 0.270 e. The van der Waals surface area contributed by atoms with Crippen molar-refractivity contribution in [3.63, 3.8) is 0 Å². The predicted octanol–water partition coefficient (Wildman–Crippen LogP) is 2.78. The van der Waals surface area contributed by atoms with Crippen LogP contribution in [0.15, 0.2) is 35.4 Å². The van der Waals surface area contributed by atoms with Gasteiger partial charge in [0.25, 0.3) is 5.69 Å². The van der Waals surface area contributed by atoms with E-state index in [0.29, 0.717) is 11.4 Å². The second kappa shape index (κ2) is 8.37. The molecule has 0 radical (unpaired) electrons. The van der Waals surface area contributed by atoms with Crippen LogP contribution in [0.1, 0.15) is 5.69 Å². The van der Waals surface area contributed by atoms with Crippen molar-refractivity contribution < 1.29 is 9.66 Å². The predicted molar refractivity (Wildman–Crippen MR) is 96.8 cm³/mol. The Labute approximate surface area is 150 Å². The number of thioether (sulfide) groups is 1. The topological polar surface area (TPSA) is 81.4 Å². The van der Waals surface area contributed by atoms with Crippen molar-refractivity contribution in [2.24, 2.45) is 0 Å². The van der Waals surface area contributed by atoms with Crippen molar-refractivity contribution in [3.05, 3.63) is 46.1 Å². The molecule has 0 saturated carbocycles. The van der Waals surface area contributed by atoms with Gasteiger partial charge in [0.2, 0.25) is 0 Å². The fraction of sp³-hybridized carbons (Fsp3) is 0.412. The van der Waals surface area contributed by atoms with Crippen LogP contribution in [0.25, 0.3) is 11.4 Å². The van der Waals surface area contributed by atoms with Gasteiger partial charge in [0.05, 0.1) is 18.1 Å². The molecule has 8 heteroatoms. The molecule has 0 bridgehead atoms. The summed E-state index contributed by atoms with van der Waals surface area (Å²) in [4.78, 5) is 21.9. The molecule has 0 amide bonds. The average Bonchev–Trinajstić information content (AvgIpc) is 2.62. The molecule has 1 aliphatic rings. The van der Waals surface area contributed by atoms with E-state index in [9.17, 15) is 10.1 Å². The van der Waals surface area contributed by atoms with Crippen molar-refractivity contribution in [2.45, 2.75) is 11.9 Å². The molecule has 0 unspecified atom stereocenters. The third-order valence-electron chi connectivity index (χ3n) is 3.91. The fourth-order valence-corrected chi connectivity index (χ4v) is 3.57. The summed E-state index contributed by atoms with van der Waals surface area (Å²) < 4.78 is 5.35. The average molecular weight is 360 g/mol. The highest BCUT2D eigenvalue weighted by Crippen LogP contribution is 2.24. The van der Waals surface area contributed by atoms with E-state index in [0.717, 1.165) is 49.3 Å². The third kappa shape index (κ3) is 4.97. The molecule has 3 rings (SSSR count). The SMILES string of the molecule is Cc1cc(SCCN2CCOCC2)nc(-c2cccc([N+](=O)[O-])c2)n1. The molecule has 0 N–H and O–H groups in total. The van der Waals surface area contributed by atoms with Crippen molar-refractivity contribution in [1.82, 2.24) is 14.9 Å². The summed E-state index contributed by atoms with van der Waals surface area (Å²) in [7, 11) is 0. The summed E-state index contributed by atoms with van der Waals surface area (Å²) in [6, 6.07) is 8.38. The number of nitro groups is 1. The van der Waals surface area contributed by atoms with Gasteiger partial charge in [0, 0.05) is 48.8 Å². The number of rotatable bonds is 6. The molecule has 0 spiro atoms. The number of aromatic nitrogens is 2. The molecule has 7 nitrogen and oxygen atoms in total. The zero-order valence-electron chi connectivity index (χ0n) is 14.1. The maximum atomic E-state index is 11.0. The van der Waals surface area contributed by atoms with Crippen molar-refractivity contribution >= 4 is 17.4 Å². The van der Waals surface area contributed by atoms with E-state index in [1.807, 2.05) is 13.0 Å². The molecule has 2 heterocycles. The Hall–Kier alpha value is -2.03. The second-order valence-electron chi connectivity index (χ2n) is 5.78. The zero-order valence-corrected chi connectivity index (χ0v) is 14.9. The van der Waals surface area contributed by atoms with Crippen LogP contribution in [0.2, 0.25) is 0 Å². The summed E-state index contributed by atoms with van der Waals surface area (Å²) >= 11 is 1.68. The van der Waals surface area contributed by atoms with Crippen LogP contribution < -0.4 is 0 Å². The highest BCUT2D eigenvalue weighted by Gasteiger charge is 2.12. The Balaban J connectivity index is 1.69. The minimum absolute atomic E-state index is 0.0455. The van der Waals surface area contributed by atoms with Gasteiger partial charge < -0.3 is 4.74 Å². The van der Waals surface area contributed by atoms with Gasteiger partial charge in [-0.25, -0.2) is 9.97 Å². The molecule has 1 fully saturated rings. The number of non-ortho nitro benzene ring substituents is 1. The van der Waals surface area contributed by atoms with E-state index in [-0.39, 0.29) is 5.69 Å². The minimum Gasteiger partial charge on any atom is -0.379 e. The molecule has 1 aromatic carbocycles. The normalized spacial score (nSPS) is 15.2. The van der Waals surface area contributed by atoms with Gasteiger partial charge in [-0.05, 0) is 13.0 Å². The Morgan fingerprint density at radius 1 is 1.28 bits per heavy atom. The summed E-state index contributed by atoms with van der Waals surface area (Å²) in [6.07, 6.45) is 0. The van der Waals surface area contributed by atoms with E-state index in [4.69, 9.17) is 4.74 Å². The van der Waals surface area contributed by atoms with E-state index < -0.39 is 4.92 Å². The van der Waals surface area contributed by atoms with Crippen LogP contribution in [0.3, 0.4) is 0 Å². The van der Waals surface area contributed by atoms with Gasteiger partial charge in [0.15, 0.2) is 5.82 Å². The number of aryl methyl sites for hydroxylation is 1. The molecule has 1 saturated heterocycles. The Bertz CT molecular complexity index is 750. The number of ether oxygens (including phenoxy) is 1. The first kappa shape index (κ1) is 17.8. The molecule has 25 heavy (non-hydrogen) atoms. The number of nitrogens with zero attached hydrogens (tertiary/aromatic N) is 4. The van der Waals surface area contributed by atoms with Crippen LogP contribution in [0.4, 0.5) is 5.69 Å². The van der Waals surface area contributed by atoms with Gasteiger partial charge in [-0.15, -0.1) is 11.8 Å². The number of nitro benzene ring substituents is 1. The molecule has 1 aliphatic heterocycles. The molecule has 2 aromatic rings. The Morgan fingerprint density at radius 3 is 2.84 bits per heavy atom. The first-order chi connectivity index (χ1) is 12.1. The molecule has 0 atom stereocenters. The lowest BCUT2D eigenvalue weighted by Gasteiger charge is -2.26. The second-order valence-corrected chi connectivity index (χ2v) is 6.90. The van der Waals surface area contributed by atoms with Crippen LogP contribution in [-0.2, 0) is 4.74 Å². The van der Waals surface area contributed by atoms with Gasteiger partial charge in [-0.3, -0.25) is 15.0 Å². The maximum Gasteiger partial charge on any atom is 0.270 e. The molecule has 0 aliphatic carbocycles. The monoisotopic (exact) mass is 360 g/mol. The van der Waals surface area contributed by atoms with Crippen LogP contribution >= 0.6 is 11.8 Å². The van der Waals surface area contributed by atoms with Crippen molar-refractivity contribution in [2.75, 3.05) is 38.6 Å². The quantitative estimate of drug-likeness (QED) is 0.339. The van der Waals surface area contributed by atoms with E-state index in [1.54, 1.807) is 23.9 Å². The molecule has 132 valence electrons. The number of benzene rings is 1. The van der Waals surface area contributed by atoms with Gasteiger partial charge >= 0.3 is 0 Å². The maximum absolute atomic E-state index is 11.0. The van der Waals surface area contributed by atoms with Crippen LogP contribution in [-0.4, -0.2) is 58.4 Å². The lowest BCUT2D eigenvalue weighted by atomic mass is 10.2. The third-order valence-corrected chi connectivity index (χ3v) is 4.80.